The van der Waals surface area contributed by atoms with Crippen molar-refractivity contribution < 1.29 is 0 Å². The molecule has 0 aliphatic heterocycles. The zero-order valence-electron chi connectivity index (χ0n) is 10.4. The molecule has 0 aliphatic rings. The summed E-state index contributed by atoms with van der Waals surface area (Å²) >= 11 is 0. The van der Waals surface area contributed by atoms with E-state index >= 15 is 0 Å². The van der Waals surface area contributed by atoms with Gasteiger partial charge in [-0.25, -0.2) is 9.97 Å². The molecule has 1 rings (SSSR count). The number of hydrogen-bond acceptors (Lipinski definition) is 3. The van der Waals surface area contributed by atoms with Crippen molar-refractivity contribution in [2.75, 3.05) is 11.9 Å². The molecule has 15 heavy (non-hydrogen) atoms. The molecule has 0 radical (unpaired) electrons. The maximum Gasteiger partial charge on any atom is 0.225 e. The van der Waals surface area contributed by atoms with Gasteiger partial charge in [-0.05, 0) is 31.7 Å². The fourth-order valence-corrected chi connectivity index (χ4v) is 1.34. The summed E-state index contributed by atoms with van der Waals surface area (Å²) in [7, 11) is 2.02. The van der Waals surface area contributed by atoms with Crippen LogP contribution in [0.4, 0.5) is 5.95 Å². The van der Waals surface area contributed by atoms with Crippen molar-refractivity contribution in [1.29, 1.82) is 0 Å². The van der Waals surface area contributed by atoms with Gasteiger partial charge >= 0.3 is 0 Å². The predicted octanol–water partition coefficient (Wildman–Crippen LogP) is 2.52. The van der Waals surface area contributed by atoms with Crippen molar-refractivity contribution in [2.45, 2.75) is 40.2 Å². The van der Waals surface area contributed by atoms with Crippen LogP contribution >= 0.6 is 0 Å². The summed E-state index contributed by atoms with van der Waals surface area (Å²) < 4.78 is 0. The van der Waals surface area contributed by atoms with Gasteiger partial charge in [0.25, 0.3) is 0 Å². The zero-order chi connectivity index (χ0) is 11.4. The van der Waals surface area contributed by atoms with Crippen LogP contribution in [0.5, 0.6) is 0 Å². The molecule has 0 unspecified atom stereocenters. The monoisotopic (exact) mass is 207 g/mol. The Morgan fingerprint density at radius 1 is 1.13 bits per heavy atom. The Kier molecular flexibility index (Phi) is 4.06. The molecule has 1 aromatic heterocycles. The average molecular weight is 207 g/mol. The Balaban J connectivity index is 2.72. The van der Waals surface area contributed by atoms with Gasteiger partial charge in [0.05, 0.1) is 0 Å². The van der Waals surface area contributed by atoms with Crippen molar-refractivity contribution in [3.63, 3.8) is 0 Å². The Morgan fingerprint density at radius 3 is 2.07 bits per heavy atom. The van der Waals surface area contributed by atoms with Gasteiger partial charge in [0.1, 0.15) is 0 Å². The molecule has 0 aromatic carbocycles. The molecule has 3 nitrogen and oxygen atoms in total. The molecule has 0 saturated heterocycles. The quantitative estimate of drug-likeness (QED) is 0.759. The van der Waals surface area contributed by atoms with E-state index in [2.05, 4.69) is 42.6 Å². The second-order valence-corrected chi connectivity index (χ2v) is 4.69. The summed E-state index contributed by atoms with van der Waals surface area (Å²) in [6, 6.07) is 0.431. The highest BCUT2D eigenvalue weighted by Crippen LogP contribution is 2.10. The van der Waals surface area contributed by atoms with E-state index in [9.17, 15) is 0 Å². The van der Waals surface area contributed by atoms with Gasteiger partial charge in [0, 0.05) is 25.5 Å². The summed E-state index contributed by atoms with van der Waals surface area (Å²) in [5, 5.41) is 0. The second kappa shape index (κ2) is 5.10. The topological polar surface area (TPSA) is 29.0 Å². The van der Waals surface area contributed by atoms with Gasteiger partial charge in [-0.3, -0.25) is 0 Å². The van der Waals surface area contributed by atoms with E-state index in [1.54, 1.807) is 0 Å². The maximum absolute atomic E-state index is 4.37. The normalized spacial score (nSPS) is 11.1. The predicted molar refractivity (Wildman–Crippen MR) is 64.1 cm³/mol. The van der Waals surface area contributed by atoms with Crippen LogP contribution in [0, 0.1) is 5.92 Å². The molecule has 0 saturated carbocycles. The zero-order valence-corrected chi connectivity index (χ0v) is 10.4. The highest BCUT2D eigenvalue weighted by Gasteiger charge is 2.07. The number of hydrogen-bond donors (Lipinski definition) is 0. The lowest BCUT2D eigenvalue weighted by Crippen LogP contribution is -2.27. The van der Waals surface area contributed by atoms with E-state index in [1.807, 2.05) is 19.4 Å². The lowest BCUT2D eigenvalue weighted by atomic mass is 10.1. The van der Waals surface area contributed by atoms with E-state index in [4.69, 9.17) is 0 Å². The SMILES string of the molecule is CC(C)Cc1cnc(N(C)C(C)C)nc1. The van der Waals surface area contributed by atoms with Crippen LogP contribution in [0.2, 0.25) is 0 Å². The van der Waals surface area contributed by atoms with E-state index in [0.29, 0.717) is 12.0 Å². The van der Waals surface area contributed by atoms with E-state index in [-0.39, 0.29) is 0 Å². The maximum atomic E-state index is 4.37. The van der Waals surface area contributed by atoms with Crippen molar-refractivity contribution in [3.05, 3.63) is 18.0 Å². The minimum absolute atomic E-state index is 0.431. The molecule has 1 aromatic rings. The first kappa shape index (κ1) is 12.0. The molecule has 1 heterocycles. The summed E-state index contributed by atoms with van der Waals surface area (Å²) in [6.45, 7) is 8.67. The lowest BCUT2D eigenvalue weighted by Gasteiger charge is -2.21. The summed E-state index contributed by atoms with van der Waals surface area (Å²) in [4.78, 5) is 10.8. The first-order valence-corrected chi connectivity index (χ1v) is 5.54. The Bertz CT molecular complexity index is 290. The lowest BCUT2D eigenvalue weighted by molar-refractivity contribution is 0.642. The van der Waals surface area contributed by atoms with Crippen molar-refractivity contribution in [1.82, 2.24) is 9.97 Å². The molecule has 0 atom stereocenters. The van der Waals surface area contributed by atoms with Crippen LogP contribution in [-0.4, -0.2) is 23.1 Å². The average Bonchev–Trinajstić information content (AvgIpc) is 2.17. The molecule has 0 amide bonds. The summed E-state index contributed by atoms with van der Waals surface area (Å²) in [5.74, 6) is 1.46. The second-order valence-electron chi connectivity index (χ2n) is 4.69. The van der Waals surface area contributed by atoms with Gasteiger partial charge in [-0.1, -0.05) is 13.8 Å². The standard InChI is InChI=1S/C12H21N3/c1-9(2)6-11-7-13-12(14-8-11)15(5)10(3)4/h7-10H,6H2,1-5H3. The van der Waals surface area contributed by atoms with E-state index in [1.165, 1.54) is 5.56 Å². The minimum atomic E-state index is 0.431. The van der Waals surface area contributed by atoms with Crippen molar-refractivity contribution in [3.8, 4) is 0 Å². The Labute approximate surface area is 92.6 Å². The van der Waals surface area contributed by atoms with Gasteiger partial charge < -0.3 is 4.90 Å². The first-order chi connectivity index (χ1) is 7.00. The third-order valence-electron chi connectivity index (χ3n) is 2.43. The number of rotatable bonds is 4. The van der Waals surface area contributed by atoms with Gasteiger partial charge in [-0.2, -0.15) is 0 Å². The molecule has 0 bridgehead atoms. The summed E-state index contributed by atoms with van der Waals surface area (Å²) in [5.41, 5.74) is 1.21. The van der Waals surface area contributed by atoms with Gasteiger partial charge in [-0.15, -0.1) is 0 Å². The Hall–Kier alpha value is -1.12. The van der Waals surface area contributed by atoms with Crippen LogP contribution < -0.4 is 4.90 Å². The molecule has 84 valence electrons. The van der Waals surface area contributed by atoms with Crippen LogP contribution in [0.15, 0.2) is 12.4 Å². The molecule has 0 fully saturated rings. The highest BCUT2D eigenvalue weighted by molar-refractivity contribution is 5.29. The van der Waals surface area contributed by atoms with E-state index < -0.39 is 0 Å². The molecule has 0 spiro atoms. The number of nitrogens with zero attached hydrogens (tertiary/aromatic N) is 3. The fourth-order valence-electron chi connectivity index (χ4n) is 1.34. The third kappa shape index (κ3) is 3.50. The van der Waals surface area contributed by atoms with Crippen molar-refractivity contribution >= 4 is 5.95 Å². The van der Waals surface area contributed by atoms with Gasteiger partial charge in [0.2, 0.25) is 5.95 Å². The molecular formula is C12H21N3. The van der Waals surface area contributed by atoms with Crippen LogP contribution in [-0.2, 0) is 6.42 Å². The highest BCUT2D eigenvalue weighted by atomic mass is 15.2. The fraction of sp³-hybridized carbons (Fsp3) is 0.667. The first-order valence-electron chi connectivity index (χ1n) is 5.54. The van der Waals surface area contributed by atoms with E-state index in [0.717, 1.165) is 12.4 Å². The van der Waals surface area contributed by atoms with Crippen LogP contribution in [0.1, 0.15) is 33.3 Å². The molecule has 3 heteroatoms. The largest absolute Gasteiger partial charge is 0.341 e. The molecular weight excluding hydrogens is 186 g/mol. The third-order valence-corrected chi connectivity index (χ3v) is 2.43. The van der Waals surface area contributed by atoms with Crippen molar-refractivity contribution in [2.24, 2.45) is 5.92 Å². The minimum Gasteiger partial charge on any atom is -0.341 e. The number of anilines is 1. The van der Waals surface area contributed by atoms with Crippen LogP contribution in [0.25, 0.3) is 0 Å². The molecule has 0 aliphatic carbocycles. The Morgan fingerprint density at radius 2 is 1.67 bits per heavy atom. The number of aromatic nitrogens is 2. The summed E-state index contributed by atoms with van der Waals surface area (Å²) in [6.07, 6.45) is 4.91. The molecule has 0 N–H and O–H groups in total. The van der Waals surface area contributed by atoms with Crippen LogP contribution in [0.3, 0.4) is 0 Å². The van der Waals surface area contributed by atoms with Gasteiger partial charge in [0.15, 0.2) is 0 Å². The smallest absolute Gasteiger partial charge is 0.225 e.